The predicted octanol–water partition coefficient (Wildman–Crippen LogP) is 6.21. The molecule has 0 unspecified atom stereocenters. The lowest BCUT2D eigenvalue weighted by Gasteiger charge is -2.05. The smallest absolute Gasteiger partial charge is 0.279 e. The van der Waals surface area contributed by atoms with Gasteiger partial charge in [-0.1, -0.05) is 49.4 Å². The van der Waals surface area contributed by atoms with Crippen LogP contribution in [0, 0.1) is 0 Å². The second-order valence-corrected chi connectivity index (χ2v) is 8.06. The number of rotatable bonds is 6. The third-order valence-corrected chi connectivity index (χ3v) is 5.92. The highest BCUT2D eigenvalue weighted by Gasteiger charge is 2.10. The molecule has 0 aliphatic heterocycles. The lowest BCUT2D eigenvalue weighted by molar-refractivity contribution is 0.0998. The third kappa shape index (κ3) is 4.36. The molecule has 0 saturated carbocycles. The summed E-state index contributed by atoms with van der Waals surface area (Å²) < 4.78 is 9.11. The Kier molecular flexibility index (Phi) is 6.10. The van der Waals surface area contributed by atoms with E-state index in [1.54, 1.807) is 35.6 Å². The maximum absolute atomic E-state index is 12.8. The van der Waals surface area contributed by atoms with Crippen LogP contribution < -0.4 is 9.54 Å². The number of aryl methyl sites for hydroxylation is 2. The van der Waals surface area contributed by atoms with Gasteiger partial charge in [0.05, 0.1) is 10.2 Å². The van der Waals surface area contributed by atoms with Crippen LogP contribution in [-0.4, -0.2) is 10.5 Å². The molecule has 1 heterocycles. The molecule has 1 aromatic heterocycles. The molecule has 152 valence electrons. The van der Waals surface area contributed by atoms with E-state index >= 15 is 0 Å². The molecular weight excluding hydrogens is 392 g/mol. The van der Waals surface area contributed by atoms with E-state index in [2.05, 4.69) is 41.6 Å². The average Bonchev–Trinajstić information content (AvgIpc) is 3.11. The second-order valence-electron chi connectivity index (χ2n) is 7.05. The summed E-state index contributed by atoms with van der Waals surface area (Å²) in [5.41, 5.74) is 2.97. The highest BCUT2D eigenvalue weighted by atomic mass is 32.1. The Morgan fingerprint density at radius 1 is 0.967 bits per heavy atom. The average molecular weight is 417 g/mol. The van der Waals surface area contributed by atoms with Gasteiger partial charge in [-0.15, -0.1) is 0 Å². The van der Waals surface area contributed by atoms with Crippen LogP contribution in [-0.2, 0) is 13.0 Å². The Morgan fingerprint density at radius 2 is 1.70 bits per heavy atom. The summed E-state index contributed by atoms with van der Waals surface area (Å²) in [7, 11) is 0. The fraction of sp³-hybridized carbons (Fsp3) is 0.200. The summed E-state index contributed by atoms with van der Waals surface area (Å²) in [6, 6.07) is 23.2. The van der Waals surface area contributed by atoms with Crippen molar-refractivity contribution in [2.45, 2.75) is 33.2 Å². The van der Waals surface area contributed by atoms with E-state index < -0.39 is 0 Å². The molecule has 4 aromatic rings. The summed E-state index contributed by atoms with van der Waals surface area (Å²) in [5.74, 6) is 1.21. The van der Waals surface area contributed by atoms with Crippen molar-refractivity contribution in [3.8, 4) is 11.5 Å². The van der Waals surface area contributed by atoms with Gasteiger partial charge in [-0.3, -0.25) is 4.79 Å². The SMILES string of the molecule is CCCn1c(=NC(=O)c2ccc(Oc3ccccc3)cc2)sc2cc(CC)ccc21. The van der Waals surface area contributed by atoms with Crippen molar-refractivity contribution in [2.75, 3.05) is 0 Å². The fourth-order valence-electron chi connectivity index (χ4n) is 3.30. The first-order valence-corrected chi connectivity index (χ1v) is 11.0. The van der Waals surface area contributed by atoms with Crippen LogP contribution in [0.4, 0.5) is 0 Å². The summed E-state index contributed by atoms with van der Waals surface area (Å²) in [6.45, 7) is 5.12. The van der Waals surface area contributed by atoms with Crippen molar-refractivity contribution >= 4 is 27.5 Å². The van der Waals surface area contributed by atoms with Crippen molar-refractivity contribution in [1.29, 1.82) is 0 Å². The first-order valence-electron chi connectivity index (χ1n) is 10.2. The van der Waals surface area contributed by atoms with Crippen molar-refractivity contribution in [3.63, 3.8) is 0 Å². The Bertz CT molecular complexity index is 1220. The molecule has 0 spiro atoms. The van der Waals surface area contributed by atoms with Gasteiger partial charge in [0, 0.05) is 12.1 Å². The van der Waals surface area contributed by atoms with Crippen LogP contribution in [0.5, 0.6) is 11.5 Å². The van der Waals surface area contributed by atoms with E-state index in [9.17, 15) is 4.79 Å². The van der Waals surface area contributed by atoms with Crippen LogP contribution >= 0.6 is 11.3 Å². The first-order chi connectivity index (χ1) is 14.7. The monoisotopic (exact) mass is 416 g/mol. The third-order valence-electron chi connectivity index (χ3n) is 4.88. The maximum atomic E-state index is 12.8. The quantitative estimate of drug-likeness (QED) is 0.375. The number of para-hydroxylation sites is 1. The molecular formula is C25H24N2O2S. The molecule has 3 aromatic carbocycles. The molecule has 5 heteroatoms. The minimum absolute atomic E-state index is 0.242. The van der Waals surface area contributed by atoms with Crippen LogP contribution in [0.2, 0.25) is 0 Å². The zero-order valence-corrected chi connectivity index (χ0v) is 18.0. The van der Waals surface area contributed by atoms with Gasteiger partial charge >= 0.3 is 0 Å². The highest BCUT2D eigenvalue weighted by Crippen LogP contribution is 2.22. The van der Waals surface area contributed by atoms with Crippen molar-refractivity contribution in [1.82, 2.24) is 4.57 Å². The van der Waals surface area contributed by atoms with Gasteiger partial charge in [-0.05, 0) is 66.9 Å². The van der Waals surface area contributed by atoms with Crippen molar-refractivity contribution in [3.05, 3.63) is 88.7 Å². The van der Waals surface area contributed by atoms with Gasteiger partial charge in [-0.25, -0.2) is 0 Å². The molecule has 0 aliphatic rings. The summed E-state index contributed by atoms with van der Waals surface area (Å²) in [6.07, 6.45) is 1.97. The Labute approximate surface area is 180 Å². The molecule has 30 heavy (non-hydrogen) atoms. The lowest BCUT2D eigenvalue weighted by Crippen LogP contribution is -2.16. The van der Waals surface area contributed by atoms with Gasteiger partial charge in [0.15, 0.2) is 4.80 Å². The Hall–Kier alpha value is -3.18. The van der Waals surface area contributed by atoms with E-state index in [0.717, 1.165) is 35.5 Å². The number of benzene rings is 3. The number of ether oxygens (including phenoxy) is 1. The zero-order chi connectivity index (χ0) is 20.9. The lowest BCUT2D eigenvalue weighted by atomic mass is 10.2. The second kappa shape index (κ2) is 9.09. The number of amides is 1. The highest BCUT2D eigenvalue weighted by molar-refractivity contribution is 7.16. The molecule has 4 rings (SSSR count). The van der Waals surface area contributed by atoms with Gasteiger partial charge in [0.2, 0.25) is 0 Å². The summed E-state index contributed by atoms with van der Waals surface area (Å²) >= 11 is 1.57. The van der Waals surface area contributed by atoms with E-state index in [-0.39, 0.29) is 5.91 Å². The van der Waals surface area contributed by atoms with Gasteiger partial charge in [-0.2, -0.15) is 4.99 Å². The van der Waals surface area contributed by atoms with Crippen molar-refractivity contribution in [2.24, 2.45) is 4.99 Å². The molecule has 0 aliphatic carbocycles. The van der Waals surface area contributed by atoms with Crippen LogP contribution in [0.15, 0.2) is 77.8 Å². The van der Waals surface area contributed by atoms with Crippen molar-refractivity contribution < 1.29 is 9.53 Å². The van der Waals surface area contributed by atoms with E-state index in [1.807, 2.05) is 30.3 Å². The number of hydrogen-bond acceptors (Lipinski definition) is 3. The minimum Gasteiger partial charge on any atom is -0.457 e. The fourth-order valence-corrected chi connectivity index (χ4v) is 4.42. The number of thiazole rings is 1. The zero-order valence-electron chi connectivity index (χ0n) is 17.2. The number of carbonyl (C=O) groups excluding carboxylic acids is 1. The van der Waals surface area contributed by atoms with Gasteiger partial charge in [0.25, 0.3) is 5.91 Å². The normalized spacial score (nSPS) is 11.7. The topological polar surface area (TPSA) is 43.6 Å². The van der Waals surface area contributed by atoms with Crippen LogP contribution in [0.3, 0.4) is 0 Å². The number of fused-ring (bicyclic) bond motifs is 1. The molecule has 0 fully saturated rings. The summed E-state index contributed by atoms with van der Waals surface area (Å²) in [4.78, 5) is 18.0. The molecule has 4 nitrogen and oxygen atoms in total. The number of aromatic nitrogens is 1. The number of hydrogen-bond donors (Lipinski definition) is 0. The molecule has 0 N–H and O–H groups in total. The summed E-state index contributed by atoms with van der Waals surface area (Å²) in [5, 5.41) is 0. The number of carbonyl (C=O) groups is 1. The van der Waals surface area contributed by atoms with Crippen LogP contribution in [0.25, 0.3) is 10.2 Å². The molecule has 0 radical (unpaired) electrons. The minimum atomic E-state index is -0.242. The largest absolute Gasteiger partial charge is 0.457 e. The molecule has 0 atom stereocenters. The first kappa shape index (κ1) is 20.1. The Morgan fingerprint density at radius 3 is 2.40 bits per heavy atom. The predicted molar refractivity (Wildman–Crippen MR) is 122 cm³/mol. The van der Waals surface area contributed by atoms with E-state index in [4.69, 9.17) is 4.74 Å². The van der Waals surface area contributed by atoms with Gasteiger partial charge in [0.1, 0.15) is 11.5 Å². The Balaban J connectivity index is 1.63. The number of nitrogens with zero attached hydrogens (tertiary/aromatic N) is 2. The van der Waals surface area contributed by atoms with Gasteiger partial charge < -0.3 is 9.30 Å². The van der Waals surface area contributed by atoms with Crippen LogP contribution in [0.1, 0.15) is 36.2 Å². The van der Waals surface area contributed by atoms with E-state index in [0.29, 0.717) is 11.3 Å². The standard InChI is InChI=1S/C25H24N2O2S/c1-3-16-27-22-15-10-18(4-2)17-23(22)30-25(27)26-24(28)19-11-13-21(14-12-19)29-20-8-6-5-7-9-20/h5-15,17H,3-4,16H2,1-2H3. The molecule has 1 amide bonds. The van der Waals surface area contributed by atoms with E-state index in [1.165, 1.54) is 10.3 Å². The molecule has 0 bridgehead atoms. The molecule has 0 saturated heterocycles. The maximum Gasteiger partial charge on any atom is 0.279 e.